The zero-order chi connectivity index (χ0) is 11.9. The van der Waals surface area contributed by atoms with E-state index in [4.69, 9.17) is 5.11 Å². The van der Waals surface area contributed by atoms with Gasteiger partial charge in [-0.3, -0.25) is 14.5 Å². The van der Waals surface area contributed by atoms with E-state index in [9.17, 15) is 14.4 Å². The Bertz CT molecular complexity index is 406. The van der Waals surface area contributed by atoms with E-state index in [1.54, 1.807) is 0 Å². The van der Waals surface area contributed by atoms with Crippen molar-refractivity contribution in [1.29, 1.82) is 0 Å². The lowest BCUT2D eigenvalue weighted by molar-refractivity contribution is -0.150. The smallest absolute Gasteiger partial charge is 0.352 e. The molecule has 2 rings (SSSR count). The van der Waals surface area contributed by atoms with Gasteiger partial charge in [0.05, 0.1) is 0 Å². The van der Waals surface area contributed by atoms with Gasteiger partial charge in [-0.2, -0.15) is 0 Å². The van der Waals surface area contributed by atoms with Gasteiger partial charge in [0.1, 0.15) is 17.1 Å². The summed E-state index contributed by atoms with van der Waals surface area (Å²) in [6, 6.07) is -0.592. The van der Waals surface area contributed by atoms with Gasteiger partial charge in [0.2, 0.25) is 5.91 Å². The maximum Gasteiger partial charge on any atom is 0.352 e. The molecule has 16 heavy (non-hydrogen) atoms. The molecular formula is C9H10N2O4S. The zero-order valence-electron chi connectivity index (χ0n) is 8.47. The first-order valence-electron chi connectivity index (χ1n) is 4.67. The van der Waals surface area contributed by atoms with E-state index in [-0.39, 0.29) is 22.9 Å². The predicted octanol–water partition coefficient (Wildman–Crippen LogP) is -0.625. The molecule has 0 spiro atoms. The van der Waals surface area contributed by atoms with Crippen molar-refractivity contribution in [3.63, 3.8) is 0 Å². The second-order valence-corrected chi connectivity index (χ2v) is 4.65. The predicted molar refractivity (Wildman–Crippen MR) is 56.4 cm³/mol. The Balaban J connectivity index is 2.16. The molecule has 0 aromatic rings. The molecule has 2 aliphatic rings. The maximum atomic E-state index is 11.6. The number of aliphatic carboxylic acids is 1. The van der Waals surface area contributed by atoms with Crippen LogP contribution < -0.4 is 5.32 Å². The van der Waals surface area contributed by atoms with E-state index >= 15 is 0 Å². The first kappa shape index (κ1) is 11.0. The minimum atomic E-state index is -1.11. The Morgan fingerprint density at radius 1 is 1.62 bits per heavy atom. The van der Waals surface area contributed by atoms with Crippen LogP contribution in [0.15, 0.2) is 11.8 Å². The zero-order valence-corrected chi connectivity index (χ0v) is 9.28. The van der Waals surface area contributed by atoms with E-state index < -0.39 is 12.0 Å². The van der Waals surface area contributed by atoms with Crippen LogP contribution >= 0.6 is 11.8 Å². The molecule has 0 aromatic heterocycles. The SMILES string of the molecule is CC(=O)NC1C(=O)N2C(C(=O)O)=CCS[C@H]12. The number of carboxylic acids is 1. The van der Waals surface area contributed by atoms with Gasteiger partial charge in [-0.1, -0.05) is 0 Å². The summed E-state index contributed by atoms with van der Waals surface area (Å²) in [5, 5.41) is 11.1. The van der Waals surface area contributed by atoms with Crippen molar-refractivity contribution in [2.75, 3.05) is 5.75 Å². The van der Waals surface area contributed by atoms with Gasteiger partial charge < -0.3 is 10.4 Å². The van der Waals surface area contributed by atoms with Crippen molar-refractivity contribution in [2.45, 2.75) is 18.3 Å². The van der Waals surface area contributed by atoms with Gasteiger partial charge in [-0.05, 0) is 6.08 Å². The Labute approximate surface area is 95.7 Å². The average molecular weight is 242 g/mol. The van der Waals surface area contributed by atoms with Crippen LogP contribution in [0.25, 0.3) is 0 Å². The number of nitrogens with one attached hydrogen (secondary N) is 1. The molecular weight excluding hydrogens is 232 g/mol. The molecule has 7 heteroatoms. The molecule has 2 atom stereocenters. The molecule has 0 radical (unpaired) electrons. The molecule has 0 aliphatic carbocycles. The molecule has 2 amide bonds. The van der Waals surface area contributed by atoms with Gasteiger partial charge in [0.25, 0.3) is 5.91 Å². The minimum Gasteiger partial charge on any atom is -0.477 e. The topological polar surface area (TPSA) is 86.7 Å². The summed E-state index contributed by atoms with van der Waals surface area (Å²) >= 11 is 1.44. The Morgan fingerprint density at radius 2 is 2.31 bits per heavy atom. The highest BCUT2D eigenvalue weighted by atomic mass is 32.2. The normalized spacial score (nSPS) is 27.7. The van der Waals surface area contributed by atoms with Crippen LogP contribution in [0, 0.1) is 0 Å². The number of carboxylic acid groups (broad SMARTS) is 1. The second kappa shape index (κ2) is 3.82. The number of β-lactam (4-membered cyclic amide) rings is 1. The van der Waals surface area contributed by atoms with Gasteiger partial charge in [0.15, 0.2) is 0 Å². The monoisotopic (exact) mass is 242 g/mol. The molecule has 0 bridgehead atoms. The summed E-state index contributed by atoms with van der Waals surface area (Å²) in [6.45, 7) is 1.33. The van der Waals surface area contributed by atoms with Crippen LogP contribution in [0.4, 0.5) is 0 Å². The second-order valence-electron chi connectivity index (χ2n) is 3.50. The number of rotatable bonds is 2. The first-order chi connectivity index (χ1) is 7.52. The number of thioether (sulfide) groups is 1. The third-order valence-corrected chi connectivity index (χ3v) is 3.61. The summed E-state index contributed by atoms with van der Waals surface area (Å²) in [4.78, 5) is 34.6. The quantitative estimate of drug-likeness (QED) is 0.630. The summed E-state index contributed by atoms with van der Waals surface area (Å²) in [5.41, 5.74) is 0.00959. The standard InChI is InChI=1S/C9H10N2O4S/c1-4(12)10-6-7(13)11-5(9(14)15)2-3-16-8(6)11/h2,6,8H,3H2,1H3,(H,10,12)(H,14,15)/t6?,8-/m1/s1. The largest absolute Gasteiger partial charge is 0.477 e. The number of hydrogen-bond donors (Lipinski definition) is 2. The lowest BCUT2D eigenvalue weighted by atomic mass is 10.1. The molecule has 1 saturated heterocycles. The Morgan fingerprint density at radius 3 is 2.88 bits per heavy atom. The lowest BCUT2D eigenvalue weighted by Crippen LogP contribution is -2.70. The van der Waals surface area contributed by atoms with Gasteiger partial charge >= 0.3 is 5.97 Å². The van der Waals surface area contributed by atoms with Crippen molar-refractivity contribution >= 4 is 29.5 Å². The summed E-state index contributed by atoms with van der Waals surface area (Å²) in [5.74, 6) is -1.22. The maximum absolute atomic E-state index is 11.6. The van der Waals surface area contributed by atoms with E-state index in [0.29, 0.717) is 5.75 Å². The van der Waals surface area contributed by atoms with Gasteiger partial charge in [-0.25, -0.2) is 4.79 Å². The number of amides is 2. The van der Waals surface area contributed by atoms with Crippen LogP contribution in [0.2, 0.25) is 0 Å². The summed E-state index contributed by atoms with van der Waals surface area (Å²) in [6.07, 6.45) is 1.51. The highest BCUT2D eigenvalue weighted by Crippen LogP contribution is 2.37. The minimum absolute atomic E-state index is 0.00959. The highest BCUT2D eigenvalue weighted by Gasteiger charge is 2.52. The molecule has 2 aliphatic heterocycles. The average Bonchev–Trinajstić information content (AvgIpc) is 2.24. The van der Waals surface area contributed by atoms with Gasteiger partial charge in [-0.15, -0.1) is 11.8 Å². The number of carbonyl (C=O) groups is 3. The van der Waals surface area contributed by atoms with Crippen molar-refractivity contribution in [2.24, 2.45) is 0 Å². The van der Waals surface area contributed by atoms with Crippen LogP contribution in [0.1, 0.15) is 6.92 Å². The van der Waals surface area contributed by atoms with Crippen LogP contribution in [0.3, 0.4) is 0 Å². The number of fused-ring (bicyclic) bond motifs is 1. The van der Waals surface area contributed by atoms with E-state index in [0.717, 1.165) is 0 Å². The molecule has 86 valence electrons. The van der Waals surface area contributed by atoms with E-state index in [2.05, 4.69) is 5.32 Å². The molecule has 0 saturated carbocycles. The third kappa shape index (κ3) is 1.57. The molecule has 2 heterocycles. The van der Waals surface area contributed by atoms with E-state index in [1.165, 1.54) is 29.7 Å². The number of carbonyl (C=O) groups excluding carboxylic acids is 2. The van der Waals surface area contributed by atoms with Crippen molar-refractivity contribution < 1.29 is 19.5 Å². The third-order valence-electron chi connectivity index (χ3n) is 2.42. The van der Waals surface area contributed by atoms with Crippen LogP contribution in [-0.2, 0) is 14.4 Å². The molecule has 1 fully saturated rings. The fourth-order valence-electron chi connectivity index (χ4n) is 1.76. The number of nitrogens with zero attached hydrogens (tertiary/aromatic N) is 1. The molecule has 1 unspecified atom stereocenters. The van der Waals surface area contributed by atoms with Crippen molar-refractivity contribution in [3.8, 4) is 0 Å². The van der Waals surface area contributed by atoms with Gasteiger partial charge in [0, 0.05) is 12.7 Å². The van der Waals surface area contributed by atoms with E-state index in [1.807, 2.05) is 0 Å². The van der Waals surface area contributed by atoms with Crippen molar-refractivity contribution in [1.82, 2.24) is 10.2 Å². The van der Waals surface area contributed by atoms with Crippen LogP contribution in [-0.4, -0.2) is 45.0 Å². The Kier molecular flexibility index (Phi) is 2.63. The molecule has 6 nitrogen and oxygen atoms in total. The molecule has 2 N–H and O–H groups in total. The highest BCUT2D eigenvalue weighted by molar-refractivity contribution is 8.00. The summed E-state index contributed by atoms with van der Waals surface area (Å²) < 4.78 is 0. The van der Waals surface area contributed by atoms with Crippen molar-refractivity contribution in [3.05, 3.63) is 11.8 Å². The number of hydrogen-bond acceptors (Lipinski definition) is 4. The molecule has 0 aromatic carbocycles. The lowest BCUT2D eigenvalue weighted by Gasteiger charge is -2.48. The first-order valence-corrected chi connectivity index (χ1v) is 5.72. The Hall–Kier alpha value is -1.50. The fourth-order valence-corrected chi connectivity index (χ4v) is 2.95. The van der Waals surface area contributed by atoms with Crippen LogP contribution in [0.5, 0.6) is 0 Å². The fraction of sp³-hybridized carbons (Fsp3) is 0.444. The summed E-state index contributed by atoms with van der Waals surface area (Å²) in [7, 11) is 0.